The smallest absolute Gasteiger partial charge is 0.140 e. The molecule has 0 spiro atoms. The number of halogens is 2. The Morgan fingerprint density at radius 3 is 2.42 bits per heavy atom. The highest BCUT2D eigenvalue weighted by atomic mass is 79.9. The van der Waals surface area contributed by atoms with Crippen LogP contribution < -0.4 is 0 Å². The van der Waals surface area contributed by atoms with Crippen LogP contribution >= 0.6 is 15.9 Å². The summed E-state index contributed by atoms with van der Waals surface area (Å²) in [6.07, 6.45) is 0. The maximum absolute atomic E-state index is 13.4. The SMILES string of the molecule is Cc1cc(Br)c(F)c(C(C)C)c1. The van der Waals surface area contributed by atoms with E-state index in [9.17, 15) is 4.39 Å². The summed E-state index contributed by atoms with van der Waals surface area (Å²) in [7, 11) is 0. The van der Waals surface area contributed by atoms with Crippen LogP contribution in [0, 0.1) is 12.7 Å². The minimum Gasteiger partial charge on any atom is -0.205 e. The van der Waals surface area contributed by atoms with E-state index in [1.54, 1.807) is 6.07 Å². The fourth-order valence-corrected chi connectivity index (χ4v) is 1.76. The molecule has 1 aromatic carbocycles. The third-order valence-electron chi connectivity index (χ3n) is 1.82. The fourth-order valence-electron chi connectivity index (χ4n) is 1.17. The first-order valence-electron chi connectivity index (χ1n) is 3.98. The van der Waals surface area contributed by atoms with Crippen LogP contribution in [0.1, 0.15) is 30.9 Å². The molecular formula is C10H12BrF. The van der Waals surface area contributed by atoms with Crippen LogP contribution in [-0.4, -0.2) is 0 Å². The van der Waals surface area contributed by atoms with Crippen LogP contribution in [0.25, 0.3) is 0 Å². The molecule has 66 valence electrons. The molecule has 0 amide bonds. The number of hydrogen-bond donors (Lipinski definition) is 0. The number of hydrogen-bond acceptors (Lipinski definition) is 0. The lowest BCUT2D eigenvalue weighted by Gasteiger charge is -2.09. The highest BCUT2D eigenvalue weighted by Crippen LogP contribution is 2.26. The third kappa shape index (κ3) is 1.86. The first-order chi connectivity index (χ1) is 5.52. The van der Waals surface area contributed by atoms with Crippen molar-refractivity contribution in [1.29, 1.82) is 0 Å². The molecule has 0 fully saturated rings. The van der Waals surface area contributed by atoms with Gasteiger partial charge in [-0.05, 0) is 46.0 Å². The molecule has 0 unspecified atom stereocenters. The van der Waals surface area contributed by atoms with Crippen LogP contribution in [0.2, 0.25) is 0 Å². The zero-order valence-corrected chi connectivity index (χ0v) is 9.07. The molecule has 0 nitrogen and oxygen atoms in total. The molecule has 1 rings (SSSR count). The van der Waals surface area contributed by atoms with Gasteiger partial charge in [0.2, 0.25) is 0 Å². The average Bonchev–Trinajstić information content (AvgIpc) is 1.96. The summed E-state index contributed by atoms with van der Waals surface area (Å²) in [6.45, 7) is 5.95. The van der Waals surface area contributed by atoms with Crippen molar-refractivity contribution in [2.24, 2.45) is 0 Å². The van der Waals surface area contributed by atoms with Gasteiger partial charge in [0.1, 0.15) is 5.82 Å². The molecule has 0 N–H and O–H groups in total. The molecule has 0 bridgehead atoms. The number of benzene rings is 1. The molecular weight excluding hydrogens is 219 g/mol. The second kappa shape index (κ2) is 3.56. The number of rotatable bonds is 1. The van der Waals surface area contributed by atoms with Gasteiger partial charge in [0.25, 0.3) is 0 Å². The second-order valence-corrected chi connectivity index (χ2v) is 4.16. The van der Waals surface area contributed by atoms with Gasteiger partial charge < -0.3 is 0 Å². The van der Waals surface area contributed by atoms with E-state index in [1.165, 1.54) is 0 Å². The van der Waals surface area contributed by atoms with Crippen LogP contribution in [0.4, 0.5) is 4.39 Å². The van der Waals surface area contributed by atoms with E-state index in [4.69, 9.17) is 0 Å². The lowest BCUT2D eigenvalue weighted by molar-refractivity contribution is 0.591. The highest BCUT2D eigenvalue weighted by Gasteiger charge is 2.09. The molecule has 0 heterocycles. The summed E-state index contributed by atoms with van der Waals surface area (Å²) in [5, 5.41) is 0. The van der Waals surface area contributed by atoms with Gasteiger partial charge in [0.05, 0.1) is 4.47 Å². The molecule has 0 aliphatic rings. The highest BCUT2D eigenvalue weighted by molar-refractivity contribution is 9.10. The average molecular weight is 231 g/mol. The Kier molecular flexibility index (Phi) is 2.89. The van der Waals surface area contributed by atoms with E-state index < -0.39 is 0 Å². The standard InChI is InChI=1S/C10H12BrF/c1-6(2)8-4-7(3)5-9(11)10(8)12/h4-6H,1-3H3. The van der Waals surface area contributed by atoms with Gasteiger partial charge in [-0.15, -0.1) is 0 Å². The first-order valence-corrected chi connectivity index (χ1v) is 4.77. The molecule has 12 heavy (non-hydrogen) atoms. The minimum atomic E-state index is -0.129. The summed E-state index contributed by atoms with van der Waals surface area (Å²) in [6, 6.07) is 3.69. The summed E-state index contributed by atoms with van der Waals surface area (Å²) in [4.78, 5) is 0. The van der Waals surface area contributed by atoms with Gasteiger partial charge in [0, 0.05) is 0 Å². The van der Waals surface area contributed by atoms with E-state index in [2.05, 4.69) is 15.9 Å². The third-order valence-corrected chi connectivity index (χ3v) is 2.40. The first kappa shape index (κ1) is 9.72. The summed E-state index contributed by atoms with van der Waals surface area (Å²) in [5.41, 5.74) is 1.87. The minimum absolute atomic E-state index is 0.129. The summed E-state index contributed by atoms with van der Waals surface area (Å²) < 4.78 is 13.9. The van der Waals surface area contributed by atoms with E-state index in [0.29, 0.717) is 4.47 Å². The Balaban J connectivity index is 3.28. The van der Waals surface area contributed by atoms with Gasteiger partial charge in [0.15, 0.2) is 0 Å². The maximum Gasteiger partial charge on any atom is 0.140 e. The van der Waals surface area contributed by atoms with Crippen molar-refractivity contribution in [3.8, 4) is 0 Å². The molecule has 0 atom stereocenters. The second-order valence-electron chi connectivity index (χ2n) is 3.30. The molecule has 0 radical (unpaired) electrons. The molecule has 1 aromatic rings. The summed E-state index contributed by atoms with van der Waals surface area (Å²) in [5.74, 6) is 0.108. The van der Waals surface area contributed by atoms with Gasteiger partial charge in [-0.1, -0.05) is 19.9 Å². The molecule has 0 aliphatic heterocycles. The normalized spacial score (nSPS) is 10.8. The Labute approximate surface area is 80.9 Å². The van der Waals surface area contributed by atoms with Crippen LogP contribution in [0.5, 0.6) is 0 Å². The van der Waals surface area contributed by atoms with E-state index in [-0.39, 0.29) is 11.7 Å². The van der Waals surface area contributed by atoms with Crippen molar-refractivity contribution in [1.82, 2.24) is 0 Å². The predicted molar refractivity (Wildman–Crippen MR) is 52.9 cm³/mol. The zero-order valence-electron chi connectivity index (χ0n) is 7.49. The number of aryl methyl sites for hydroxylation is 1. The molecule has 0 saturated heterocycles. The monoisotopic (exact) mass is 230 g/mol. The van der Waals surface area contributed by atoms with Crippen LogP contribution in [0.3, 0.4) is 0 Å². The molecule has 0 aromatic heterocycles. The Morgan fingerprint density at radius 1 is 1.33 bits per heavy atom. The van der Waals surface area contributed by atoms with E-state index in [1.807, 2.05) is 26.8 Å². The van der Waals surface area contributed by atoms with Gasteiger partial charge >= 0.3 is 0 Å². The topological polar surface area (TPSA) is 0 Å². The van der Waals surface area contributed by atoms with Crippen LogP contribution in [-0.2, 0) is 0 Å². The quantitative estimate of drug-likeness (QED) is 0.684. The van der Waals surface area contributed by atoms with E-state index >= 15 is 0 Å². The van der Waals surface area contributed by atoms with Gasteiger partial charge in [-0.25, -0.2) is 4.39 Å². The lowest BCUT2D eigenvalue weighted by atomic mass is 10.0. The Bertz CT molecular complexity index is 292. The Morgan fingerprint density at radius 2 is 1.92 bits per heavy atom. The fraction of sp³-hybridized carbons (Fsp3) is 0.400. The van der Waals surface area contributed by atoms with Crippen molar-refractivity contribution >= 4 is 15.9 Å². The summed E-state index contributed by atoms with van der Waals surface area (Å²) >= 11 is 3.19. The van der Waals surface area contributed by atoms with Crippen molar-refractivity contribution in [2.75, 3.05) is 0 Å². The van der Waals surface area contributed by atoms with Gasteiger partial charge in [-0.2, -0.15) is 0 Å². The Hall–Kier alpha value is -0.370. The predicted octanol–water partition coefficient (Wildman–Crippen LogP) is 4.02. The maximum atomic E-state index is 13.4. The molecule has 0 aliphatic carbocycles. The van der Waals surface area contributed by atoms with Crippen molar-refractivity contribution in [3.63, 3.8) is 0 Å². The van der Waals surface area contributed by atoms with Crippen molar-refractivity contribution in [3.05, 3.63) is 33.5 Å². The zero-order chi connectivity index (χ0) is 9.30. The molecule has 0 saturated carbocycles. The van der Waals surface area contributed by atoms with Crippen molar-refractivity contribution in [2.45, 2.75) is 26.7 Å². The van der Waals surface area contributed by atoms with E-state index in [0.717, 1.165) is 11.1 Å². The molecule has 2 heteroatoms. The van der Waals surface area contributed by atoms with Crippen LogP contribution in [0.15, 0.2) is 16.6 Å². The van der Waals surface area contributed by atoms with Crippen molar-refractivity contribution < 1.29 is 4.39 Å². The largest absolute Gasteiger partial charge is 0.205 e. The lowest BCUT2D eigenvalue weighted by Crippen LogP contribution is -1.94. The van der Waals surface area contributed by atoms with Gasteiger partial charge in [-0.3, -0.25) is 0 Å².